The van der Waals surface area contributed by atoms with Crippen LogP contribution in [0.2, 0.25) is 0 Å². The third-order valence-corrected chi connectivity index (χ3v) is 5.56. The Morgan fingerprint density at radius 2 is 1.97 bits per heavy atom. The van der Waals surface area contributed by atoms with Crippen molar-refractivity contribution in [1.29, 1.82) is 0 Å². The molecule has 0 aliphatic rings. The first-order valence-electron chi connectivity index (χ1n) is 10.7. The number of carbonyl (C=O) groups is 1. The number of nitrogens with one attached hydrogen (secondary N) is 1. The van der Waals surface area contributed by atoms with E-state index in [0.717, 1.165) is 42.1 Å². The van der Waals surface area contributed by atoms with Crippen LogP contribution in [0.4, 0.5) is 0 Å². The van der Waals surface area contributed by atoms with Gasteiger partial charge < -0.3 is 14.6 Å². The zero-order valence-electron chi connectivity index (χ0n) is 18.3. The molecule has 0 unspecified atom stereocenters. The number of fused-ring (bicyclic) bond motifs is 1. The highest BCUT2D eigenvalue weighted by atomic mass is 16.3. The number of nitrogens with zero attached hydrogens (tertiary/aromatic N) is 3. The van der Waals surface area contributed by atoms with Crippen molar-refractivity contribution >= 4 is 11.4 Å². The molecule has 6 nitrogen and oxygen atoms in total. The van der Waals surface area contributed by atoms with Gasteiger partial charge in [0.1, 0.15) is 17.8 Å². The largest absolute Gasteiger partial charge is 0.463 e. The molecule has 0 saturated carbocycles. The summed E-state index contributed by atoms with van der Waals surface area (Å²) < 4.78 is 7.78. The molecule has 1 aromatic carbocycles. The van der Waals surface area contributed by atoms with Gasteiger partial charge in [0.05, 0.1) is 17.3 Å². The number of hydrogen-bond donors (Lipinski definition) is 1. The lowest BCUT2D eigenvalue weighted by Gasteiger charge is -2.17. The van der Waals surface area contributed by atoms with Crippen LogP contribution in [0, 0.1) is 6.92 Å². The van der Waals surface area contributed by atoms with Crippen LogP contribution in [0.3, 0.4) is 0 Å². The number of benzene rings is 1. The minimum absolute atomic E-state index is 0.119. The fourth-order valence-electron chi connectivity index (χ4n) is 3.71. The number of carbonyl (C=O) groups excluding carboxylic acids is 1. The maximum atomic E-state index is 12.5. The predicted octanol–water partition coefficient (Wildman–Crippen LogP) is 4.64. The topological polar surface area (TPSA) is 62.8 Å². The summed E-state index contributed by atoms with van der Waals surface area (Å²) in [5, 5.41) is 2.97. The Kier molecular flexibility index (Phi) is 6.18. The van der Waals surface area contributed by atoms with Gasteiger partial charge in [-0.05, 0) is 44.3 Å². The van der Waals surface area contributed by atoms with E-state index in [1.165, 1.54) is 11.8 Å². The Morgan fingerprint density at radius 1 is 1.13 bits per heavy atom. The summed E-state index contributed by atoms with van der Waals surface area (Å²) in [7, 11) is 0. The van der Waals surface area contributed by atoms with E-state index in [0.29, 0.717) is 17.9 Å². The van der Waals surface area contributed by atoms with Crippen molar-refractivity contribution in [1.82, 2.24) is 19.6 Å². The zero-order chi connectivity index (χ0) is 21.8. The first-order chi connectivity index (χ1) is 15.1. The molecule has 0 aliphatic heterocycles. The number of hydrogen-bond acceptors (Lipinski definition) is 4. The van der Waals surface area contributed by atoms with Crippen molar-refractivity contribution in [3.63, 3.8) is 0 Å². The molecule has 0 spiro atoms. The van der Waals surface area contributed by atoms with E-state index in [1.807, 2.05) is 30.6 Å². The van der Waals surface area contributed by atoms with Crippen molar-refractivity contribution in [3.05, 3.63) is 72.2 Å². The monoisotopic (exact) mass is 416 g/mol. The summed E-state index contributed by atoms with van der Waals surface area (Å²) in [5.74, 6) is 1.41. The van der Waals surface area contributed by atoms with Crippen LogP contribution in [0.15, 0.2) is 65.5 Å². The molecule has 3 aromatic heterocycles. The molecule has 4 rings (SSSR count). The number of amides is 1. The predicted molar refractivity (Wildman–Crippen MR) is 123 cm³/mol. The maximum Gasteiger partial charge on any atom is 0.254 e. The fraction of sp³-hybridized carbons (Fsp3) is 0.280. The third-order valence-electron chi connectivity index (χ3n) is 5.56. The van der Waals surface area contributed by atoms with E-state index in [2.05, 4.69) is 58.6 Å². The van der Waals surface area contributed by atoms with Crippen LogP contribution in [-0.4, -0.2) is 46.4 Å². The molecule has 31 heavy (non-hydrogen) atoms. The van der Waals surface area contributed by atoms with Gasteiger partial charge in [0.2, 0.25) is 0 Å². The number of aryl methyl sites for hydroxylation is 1. The molecule has 160 valence electrons. The van der Waals surface area contributed by atoms with Gasteiger partial charge in [-0.25, -0.2) is 4.98 Å². The van der Waals surface area contributed by atoms with Crippen LogP contribution in [-0.2, 0) is 0 Å². The van der Waals surface area contributed by atoms with Gasteiger partial charge in [0.25, 0.3) is 5.91 Å². The van der Waals surface area contributed by atoms with Crippen molar-refractivity contribution in [2.24, 2.45) is 0 Å². The summed E-state index contributed by atoms with van der Waals surface area (Å²) in [6, 6.07) is 14.1. The summed E-state index contributed by atoms with van der Waals surface area (Å²) in [6.07, 6.45) is 5.38. The highest BCUT2D eigenvalue weighted by Crippen LogP contribution is 2.26. The highest BCUT2D eigenvalue weighted by molar-refractivity contribution is 5.94. The van der Waals surface area contributed by atoms with E-state index >= 15 is 0 Å². The van der Waals surface area contributed by atoms with Crippen LogP contribution in [0.5, 0.6) is 0 Å². The van der Waals surface area contributed by atoms with Crippen molar-refractivity contribution in [2.45, 2.75) is 20.8 Å². The van der Waals surface area contributed by atoms with Gasteiger partial charge >= 0.3 is 0 Å². The molecule has 0 aliphatic carbocycles. The highest BCUT2D eigenvalue weighted by Gasteiger charge is 2.13. The Hall–Kier alpha value is -3.38. The van der Waals surface area contributed by atoms with Gasteiger partial charge in [-0.1, -0.05) is 37.6 Å². The normalized spacial score (nSPS) is 11.4. The van der Waals surface area contributed by atoms with Gasteiger partial charge in [0.15, 0.2) is 0 Å². The molecule has 0 bridgehead atoms. The lowest BCUT2D eigenvalue weighted by Crippen LogP contribution is -2.34. The van der Waals surface area contributed by atoms with E-state index in [4.69, 9.17) is 4.42 Å². The molecule has 0 saturated heterocycles. The molecule has 1 N–H and O–H groups in total. The Labute approximate surface area is 182 Å². The minimum atomic E-state index is -0.119. The zero-order valence-corrected chi connectivity index (χ0v) is 18.3. The first kappa shape index (κ1) is 20.9. The van der Waals surface area contributed by atoms with Gasteiger partial charge in [0, 0.05) is 30.4 Å². The SMILES string of the molecule is CCN(CC)CCNC(=O)c1coc(-c2ccc3cnc(-c4cccc(C)c4)n3c2)c1. The lowest BCUT2D eigenvalue weighted by atomic mass is 10.1. The Bertz CT molecular complexity index is 1190. The average Bonchev–Trinajstić information content (AvgIpc) is 3.43. The Balaban J connectivity index is 1.54. The summed E-state index contributed by atoms with van der Waals surface area (Å²) in [4.78, 5) is 19.4. The molecule has 0 fully saturated rings. The van der Waals surface area contributed by atoms with Gasteiger partial charge in [-0.15, -0.1) is 0 Å². The maximum absolute atomic E-state index is 12.5. The van der Waals surface area contributed by atoms with E-state index in [9.17, 15) is 4.79 Å². The molecule has 4 aromatic rings. The van der Waals surface area contributed by atoms with E-state index in [-0.39, 0.29) is 5.91 Å². The second-order valence-electron chi connectivity index (χ2n) is 7.65. The smallest absolute Gasteiger partial charge is 0.254 e. The number of likely N-dealkylation sites (N-methyl/N-ethyl adjacent to an activating group) is 1. The Morgan fingerprint density at radius 3 is 2.74 bits per heavy atom. The van der Waals surface area contributed by atoms with Crippen LogP contribution < -0.4 is 5.32 Å². The molecular weight excluding hydrogens is 388 g/mol. The minimum Gasteiger partial charge on any atom is -0.463 e. The molecule has 6 heteroatoms. The van der Waals surface area contributed by atoms with Crippen molar-refractivity contribution < 1.29 is 9.21 Å². The molecule has 0 atom stereocenters. The third kappa shape index (κ3) is 4.54. The van der Waals surface area contributed by atoms with Crippen molar-refractivity contribution in [3.8, 4) is 22.7 Å². The molecule has 0 radical (unpaired) electrons. The number of rotatable bonds is 8. The molecule has 1 amide bonds. The summed E-state index contributed by atoms with van der Waals surface area (Å²) in [6.45, 7) is 9.71. The fourth-order valence-corrected chi connectivity index (χ4v) is 3.71. The second-order valence-corrected chi connectivity index (χ2v) is 7.65. The van der Waals surface area contributed by atoms with Gasteiger partial charge in [-0.2, -0.15) is 0 Å². The standard InChI is InChI=1S/C25H28N4O2/c1-4-28(5-2)12-11-26-25(30)21-14-23(31-17-21)20-9-10-22-15-27-24(29(22)16-20)19-8-6-7-18(3)13-19/h6-10,13-17H,4-5,11-12H2,1-3H3,(H,26,30). The first-order valence-corrected chi connectivity index (χ1v) is 10.7. The number of aromatic nitrogens is 2. The molecular formula is C25H28N4O2. The number of furan rings is 1. The van der Waals surface area contributed by atoms with E-state index in [1.54, 1.807) is 6.07 Å². The van der Waals surface area contributed by atoms with Crippen LogP contribution >= 0.6 is 0 Å². The lowest BCUT2D eigenvalue weighted by molar-refractivity contribution is 0.0948. The quantitative estimate of drug-likeness (QED) is 0.454. The summed E-state index contributed by atoms with van der Waals surface area (Å²) >= 11 is 0. The van der Waals surface area contributed by atoms with Crippen molar-refractivity contribution in [2.75, 3.05) is 26.2 Å². The molecule has 3 heterocycles. The van der Waals surface area contributed by atoms with Crippen LogP contribution in [0.25, 0.3) is 28.2 Å². The second kappa shape index (κ2) is 9.18. The summed E-state index contributed by atoms with van der Waals surface area (Å²) in [5.41, 5.74) is 4.67. The van der Waals surface area contributed by atoms with E-state index < -0.39 is 0 Å². The van der Waals surface area contributed by atoms with Crippen LogP contribution in [0.1, 0.15) is 29.8 Å². The average molecular weight is 417 g/mol. The number of imidazole rings is 1. The number of pyridine rings is 1. The van der Waals surface area contributed by atoms with Gasteiger partial charge in [-0.3, -0.25) is 9.20 Å².